The van der Waals surface area contributed by atoms with Gasteiger partial charge in [0.15, 0.2) is 6.10 Å². The number of carbonyl (C=O) groups excluding carboxylic acids is 2. The summed E-state index contributed by atoms with van der Waals surface area (Å²) in [6.45, 7) is 5.41. The van der Waals surface area contributed by atoms with Crippen molar-refractivity contribution in [2.45, 2.75) is 31.8 Å². The molecular weight excluding hydrogens is 377 g/mol. The van der Waals surface area contributed by atoms with Crippen molar-refractivity contribution < 1.29 is 18.7 Å². The standard InChI is InChI=1S/C19H19ClFNO3S/c1-11-4-5-12(2)17(8-11)26-10-18(23)25-13(3)19(24)22-16-7-6-14(21)9-15(16)20/h4-9,13H,10H2,1-3H3,(H,22,24)/t13-/m0/s1. The number of halogens is 2. The van der Waals surface area contributed by atoms with Gasteiger partial charge in [0.25, 0.3) is 5.91 Å². The van der Waals surface area contributed by atoms with Crippen LogP contribution in [0, 0.1) is 19.7 Å². The van der Waals surface area contributed by atoms with Crippen LogP contribution < -0.4 is 5.32 Å². The average molecular weight is 396 g/mol. The summed E-state index contributed by atoms with van der Waals surface area (Å²) in [5.41, 5.74) is 2.44. The fraction of sp³-hybridized carbons (Fsp3) is 0.263. The van der Waals surface area contributed by atoms with E-state index in [1.807, 2.05) is 32.0 Å². The first-order chi connectivity index (χ1) is 12.3. The molecule has 2 aromatic carbocycles. The van der Waals surface area contributed by atoms with Crippen LogP contribution >= 0.6 is 23.4 Å². The zero-order valence-electron chi connectivity index (χ0n) is 14.6. The Morgan fingerprint density at radius 2 is 1.96 bits per heavy atom. The van der Waals surface area contributed by atoms with Crippen molar-refractivity contribution in [1.29, 1.82) is 0 Å². The molecule has 0 heterocycles. The van der Waals surface area contributed by atoms with Crippen molar-refractivity contribution in [2.24, 2.45) is 0 Å². The van der Waals surface area contributed by atoms with Crippen LogP contribution in [0.2, 0.25) is 5.02 Å². The van der Waals surface area contributed by atoms with Gasteiger partial charge in [0, 0.05) is 4.90 Å². The number of ether oxygens (including phenoxy) is 1. The van der Waals surface area contributed by atoms with Crippen LogP contribution in [-0.4, -0.2) is 23.7 Å². The van der Waals surface area contributed by atoms with E-state index in [0.717, 1.165) is 22.1 Å². The van der Waals surface area contributed by atoms with Gasteiger partial charge in [0.2, 0.25) is 0 Å². The zero-order valence-corrected chi connectivity index (χ0v) is 16.2. The quantitative estimate of drug-likeness (QED) is 0.566. The lowest BCUT2D eigenvalue weighted by Gasteiger charge is -2.14. The maximum atomic E-state index is 13.0. The number of rotatable bonds is 6. The third-order valence-corrected chi connectivity index (χ3v) is 5.00. The van der Waals surface area contributed by atoms with E-state index in [9.17, 15) is 14.0 Å². The Bertz CT molecular complexity index is 828. The zero-order chi connectivity index (χ0) is 19.3. The number of anilines is 1. The first-order valence-electron chi connectivity index (χ1n) is 7.91. The fourth-order valence-electron chi connectivity index (χ4n) is 2.11. The van der Waals surface area contributed by atoms with Gasteiger partial charge in [-0.2, -0.15) is 0 Å². The average Bonchev–Trinajstić information content (AvgIpc) is 2.58. The number of benzene rings is 2. The number of thioether (sulfide) groups is 1. The molecule has 1 N–H and O–H groups in total. The summed E-state index contributed by atoms with van der Waals surface area (Å²) >= 11 is 7.23. The molecule has 0 aromatic heterocycles. The van der Waals surface area contributed by atoms with Crippen molar-refractivity contribution in [3.05, 3.63) is 58.4 Å². The molecule has 1 amide bonds. The molecule has 0 aliphatic heterocycles. The molecule has 26 heavy (non-hydrogen) atoms. The predicted molar refractivity (Wildman–Crippen MR) is 102 cm³/mol. The van der Waals surface area contributed by atoms with E-state index < -0.39 is 23.8 Å². The van der Waals surface area contributed by atoms with E-state index in [2.05, 4.69) is 5.32 Å². The maximum Gasteiger partial charge on any atom is 0.317 e. The number of hydrogen-bond acceptors (Lipinski definition) is 4. The van der Waals surface area contributed by atoms with Crippen molar-refractivity contribution >= 4 is 40.9 Å². The minimum absolute atomic E-state index is 0.0716. The highest BCUT2D eigenvalue weighted by Crippen LogP contribution is 2.24. The van der Waals surface area contributed by atoms with Gasteiger partial charge in [-0.05, 0) is 50.6 Å². The number of nitrogens with one attached hydrogen (secondary N) is 1. The van der Waals surface area contributed by atoms with E-state index >= 15 is 0 Å². The molecular formula is C19H19ClFNO3S. The van der Waals surface area contributed by atoms with Crippen molar-refractivity contribution in [3.63, 3.8) is 0 Å². The van der Waals surface area contributed by atoms with Gasteiger partial charge in [0.1, 0.15) is 5.82 Å². The summed E-state index contributed by atoms with van der Waals surface area (Å²) in [5.74, 6) is -1.44. The number of hydrogen-bond donors (Lipinski definition) is 1. The third-order valence-electron chi connectivity index (χ3n) is 3.56. The number of carbonyl (C=O) groups is 2. The van der Waals surface area contributed by atoms with Gasteiger partial charge < -0.3 is 10.1 Å². The van der Waals surface area contributed by atoms with Crippen LogP contribution in [0.15, 0.2) is 41.3 Å². The Morgan fingerprint density at radius 1 is 1.23 bits per heavy atom. The molecule has 2 rings (SSSR count). The smallest absolute Gasteiger partial charge is 0.317 e. The Kier molecular flexibility index (Phi) is 7.06. The number of esters is 1. The summed E-state index contributed by atoms with van der Waals surface area (Å²) < 4.78 is 18.2. The molecule has 7 heteroatoms. The summed E-state index contributed by atoms with van der Waals surface area (Å²) in [4.78, 5) is 25.1. The van der Waals surface area contributed by atoms with Crippen molar-refractivity contribution in [2.75, 3.05) is 11.1 Å². The van der Waals surface area contributed by atoms with Crippen LogP contribution in [0.1, 0.15) is 18.1 Å². The van der Waals surface area contributed by atoms with Crippen LogP contribution in [0.5, 0.6) is 0 Å². The van der Waals surface area contributed by atoms with Crippen LogP contribution in [0.25, 0.3) is 0 Å². The number of aryl methyl sites for hydroxylation is 2. The van der Waals surface area contributed by atoms with Crippen LogP contribution in [0.3, 0.4) is 0 Å². The highest BCUT2D eigenvalue weighted by Gasteiger charge is 2.19. The second-order valence-electron chi connectivity index (χ2n) is 5.80. The van der Waals surface area contributed by atoms with Crippen molar-refractivity contribution in [3.8, 4) is 0 Å². The molecule has 4 nitrogen and oxygen atoms in total. The second-order valence-corrected chi connectivity index (χ2v) is 7.23. The molecule has 0 aliphatic rings. The Morgan fingerprint density at radius 3 is 2.65 bits per heavy atom. The summed E-state index contributed by atoms with van der Waals surface area (Å²) in [6.07, 6.45) is -0.997. The predicted octanol–water partition coefficient (Wildman–Crippen LogP) is 4.76. The molecule has 2 aromatic rings. The molecule has 1 atom stereocenters. The molecule has 138 valence electrons. The molecule has 0 spiro atoms. The minimum Gasteiger partial charge on any atom is -0.452 e. The van der Waals surface area contributed by atoms with Gasteiger partial charge >= 0.3 is 5.97 Å². The number of amides is 1. The Balaban J connectivity index is 1.87. The maximum absolute atomic E-state index is 13.0. The molecule has 0 saturated carbocycles. The Hall–Kier alpha value is -2.05. The molecule has 0 aliphatic carbocycles. The first-order valence-corrected chi connectivity index (χ1v) is 9.28. The fourth-order valence-corrected chi connectivity index (χ4v) is 3.23. The van der Waals surface area contributed by atoms with E-state index in [4.69, 9.17) is 16.3 Å². The van der Waals surface area contributed by atoms with E-state index in [-0.39, 0.29) is 16.5 Å². The monoisotopic (exact) mass is 395 g/mol. The Labute approximate surface area is 161 Å². The van der Waals surface area contributed by atoms with Gasteiger partial charge in [-0.15, -0.1) is 11.8 Å². The summed E-state index contributed by atoms with van der Waals surface area (Å²) in [7, 11) is 0. The molecule has 0 radical (unpaired) electrons. The lowest BCUT2D eigenvalue weighted by Crippen LogP contribution is -2.30. The summed E-state index contributed by atoms with van der Waals surface area (Å²) in [5, 5.41) is 2.58. The SMILES string of the molecule is Cc1ccc(C)c(SCC(=O)O[C@@H](C)C(=O)Nc2ccc(F)cc2Cl)c1. The van der Waals surface area contributed by atoms with Crippen LogP contribution in [0.4, 0.5) is 10.1 Å². The van der Waals surface area contributed by atoms with Gasteiger partial charge in [-0.3, -0.25) is 9.59 Å². The minimum atomic E-state index is -0.997. The highest BCUT2D eigenvalue weighted by atomic mass is 35.5. The summed E-state index contributed by atoms with van der Waals surface area (Å²) in [6, 6.07) is 9.62. The topological polar surface area (TPSA) is 55.4 Å². The normalized spacial score (nSPS) is 11.7. The first kappa shape index (κ1) is 20.3. The van der Waals surface area contributed by atoms with Crippen LogP contribution in [-0.2, 0) is 14.3 Å². The third kappa shape index (κ3) is 5.75. The molecule has 0 saturated heterocycles. The largest absolute Gasteiger partial charge is 0.452 e. The van der Waals surface area contributed by atoms with E-state index in [0.29, 0.717) is 0 Å². The van der Waals surface area contributed by atoms with E-state index in [1.54, 1.807) is 0 Å². The molecule has 0 fully saturated rings. The lowest BCUT2D eigenvalue weighted by atomic mass is 10.2. The van der Waals surface area contributed by atoms with Gasteiger partial charge in [-0.25, -0.2) is 4.39 Å². The van der Waals surface area contributed by atoms with E-state index in [1.165, 1.54) is 30.8 Å². The molecule has 0 unspecified atom stereocenters. The van der Waals surface area contributed by atoms with Gasteiger partial charge in [-0.1, -0.05) is 29.3 Å². The van der Waals surface area contributed by atoms with Crippen molar-refractivity contribution in [1.82, 2.24) is 0 Å². The van der Waals surface area contributed by atoms with Gasteiger partial charge in [0.05, 0.1) is 16.5 Å². The highest BCUT2D eigenvalue weighted by molar-refractivity contribution is 8.00. The second kappa shape index (κ2) is 9.05. The lowest BCUT2D eigenvalue weighted by molar-refractivity contribution is -0.150. The molecule has 0 bridgehead atoms.